The monoisotopic (exact) mass is 287 g/mol. The van der Waals surface area contributed by atoms with Crippen molar-refractivity contribution in [2.45, 2.75) is 32.3 Å². The van der Waals surface area contributed by atoms with Crippen molar-refractivity contribution in [3.05, 3.63) is 0 Å². The summed E-state index contributed by atoms with van der Waals surface area (Å²) in [5.74, 6) is 0. The van der Waals surface area contributed by atoms with Crippen LogP contribution in [-0.4, -0.2) is 31.4 Å². The lowest BCUT2D eigenvalue weighted by molar-refractivity contribution is -0.161. The van der Waals surface area contributed by atoms with E-state index in [1.807, 2.05) is 37.1 Å². The third kappa shape index (κ3) is 4.02. The van der Waals surface area contributed by atoms with Crippen molar-refractivity contribution in [2.75, 3.05) is 20.7 Å². The van der Waals surface area contributed by atoms with E-state index >= 15 is 0 Å². The Bertz CT molecular complexity index is 107. The fourth-order valence-electron chi connectivity index (χ4n) is 0.832. The number of rotatable bonds is 6. The normalized spacial score (nSPS) is 12.5. The van der Waals surface area contributed by atoms with Gasteiger partial charge in [-0.3, -0.25) is 4.84 Å². The zero-order valence-electron chi connectivity index (χ0n) is 8.26. The number of hydrogen-bond donors (Lipinski definition) is 0. The van der Waals surface area contributed by atoms with Gasteiger partial charge in [0, 0.05) is 14.1 Å². The van der Waals surface area contributed by atoms with Gasteiger partial charge in [-0.1, -0.05) is 13.8 Å². The molecule has 0 bridgehead atoms. The molecule has 0 atom stereocenters. The Morgan fingerprint density at radius 1 is 1.25 bits per heavy atom. The highest BCUT2D eigenvalue weighted by Gasteiger charge is 2.27. The van der Waals surface area contributed by atoms with Crippen LogP contribution < -0.4 is 0 Å². The lowest BCUT2D eigenvalue weighted by atomic mass is 9.99. The Balaban J connectivity index is 3.93. The average molecular weight is 287 g/mol. The van der Waals surface area contributed by atoms with Crippen LogP contribution in [0, 0.1) is 0 Å². The molecule has 0 amide bonds. The van der Waals surface area contributed by atoms with Crippen LogP contribution in [0.4, 0.5) is 0 Å². The Labute approximate surface area is 89.0 Å². The molecule has 0 aliphatic heterocycles. The van der Waals surface area contributed by atoms with Gasteiger partial charge in [0.25, 0.3) is 0 Å². The van der Waals surface area contributed by atoms with Gasteiger partial charge < -0.3 is 3.07 Å². The summed E-state index contributed by atoms with van der Waals surface area (Å²) in [5, 5.41) is 1.70. The van der Waals surface area contributed by atoms with Gasteiger partial charge in [-0.2, -0.15) is 5.06 Å². The first-order chi connectivity index (χ1) is 5.60. The molecule has 0 aromatic heterocycles. The minimum atomic E-state index is -0.120. The van der Waals surface area contributed by atoms with Crippen LogP contribution in [-0.2, 0) is 7.90 Å². The summed E-state index contributed by atoms with van der Waals surface area (Å²) in [7, 11) is 3.76. The molecule has 74 valence electrons. The van der Waals surface area contributed by atoms with E-state index in [0.717, 1.165) is 12.8 Å². The van der Waals surface area contributed by atoms with Crippen molar-refractivity contribution < 1.29 is 7.90 Å². The van der Waals surface area contributed by atoms with Crippen LogP contribution in [0.1, 0.15) is 26.7 Å². The van der Waals surface area contributed by atoms with Gasteiger partial charge in [-0.05, 0) is 12.8 Å². The first kappa shape index (κ1) is 12.6. The zero-order chi connectivity index (χ0) is 9.61. The van der Waals surface area contributed by atoms with Gasteiger partial charge >= 0.3 is 0 Å². The summed E-state index contributed by atoms with van der Waals surface area (Å²) in [5.41, 5.74) is -0.120. The predicted molar refractivity (Wildman–Crippen MR) is 58.1 cm³/mol. The molecule has 3 nitrogen and oxygen atoms in total. The molecule has 0 aliphatic carbocycles. The van der Waals surface area contributed by atoms with Crippen LogP contribution in [0.3, 0.4) is 0 Å². The van der Waals surface area contributed by atoms with Crippen molar-refractivity contribution in [1.82, 2.24) is 5.06 Å². The first-order valence-corrected chi connectivity index (χ1v) is 5.08. The fraction of sp³-hybridized carbons (Fsp3) is 1.00. The molecule has 0 radical (unpaired) electrons. The van der Waals surface area contributed by atoms with E-state index in [-0.39, 0.29) is 5.60 Å². The maximum atomic E-state index is 5.40. The summed E-state index contributed by atoms with van der Waals surface area (Å²) in [4.78, 5) is 5.38. The summed E-state index contributed by atoms with van der Waals surface area (Å²) in [6.07, 6.45) is 1.94. The lowest BCUT2D eigenvalue weighted by Gasteiger charge is -2.29. The van der Waals surface area contributed by atoms with E-state index in [0.29, 0.717) is 6.61 Å². The van der Waals surface area contributed by atoms with Crippen molar-refractivity contribution in [1.29, 1.82) is 0 Å². The standard InChI is InChI=1S/C8H18INO2/c1-5-8(6-2,12-9)7-11-10(3)4/h5-7H2,1-4H3. The Kier molecular flexibility index (Phi) is 6.43. The molecule has 0 saturated carbocycles. The van der Waals surface area contributed by atoms with Gasteiger partial charge in [0.2, 0.25) is 0 Å². The second-order valence-electron chi connectivity index (χ2n) is 3.05. The van der Waals surface area contributed by atoms with Crippen LogP contribution in [0.2, 0.25) is 0 Å². The molecule has 0 spiro atoms. The van der Waals surface area contributed by atoms with E-state index in [4.69, 9.17) is 7.90 Å². The number of hydrogen-bond acceptors (Lipinski definition) is 3. The van der Waals surface area contributed by atoms with E-state index in [1.165, 1.54) is 0 Å². The quantitative estimate of drug-likeness (QED) is 0.553. The van der Waals surface area contributed by atoms with E-state index in [2.05, 4.69) is 13.8 Å². The van der Waals surface area contributed by atoms with E-state index in [9.17, 15) is 0 Å². The zero-order valence-corrected chi connectivity index (χ0v) is 10.4. The second-order valence-corrected chi connectivity index (χ2v) is 3.49. The van der Waals surface area contributed by atoms with Crippen LogP contribution >= 0.6 is 23.0 Å². The highest BCUT2D eigenvalue weighted by Crippen LogP contribution is 2.23. The fourth-order valence-corrected chi connectivity index (χ4v) is 1.58. The molecule has 0 rings (SSSR count). The molecule has 0 aliphatic rings. The van der Waals surface area contributed by atoms with Crippen molar-refractivity contribution in [2.24, 2.45) is 0 Å². The largest absolute Gasteiger partial charge is 0.307 e. The molecule has 0 heterocycles. The molecule has 0 fully saturated rings. The van der Waals surface area contributed by atoms with Crippen molar-refractivity contribution >= 4 is 23.0 Å². The van der Waals surface area contributed by atoms with Crippen molar-refractivity contribution in [3.8, 4) is 0 Å². The summed E-state index contributed by atoms with van der Waals surface area (Å²) in [6.45, 7) is 4.85. The van der Waals surface area contributed by atoms with Gasteiger partial charge in [-0.15, -0.1) is 0 Å². The molecule has 12 heavy (non-hydrogen) atoms. The predicted octanol–water partition coefficient (Wildman–Crippen LogP) is 2.41. The number of nitrogens with zero attached hydrogens (tertiary/aromatic N) is 1. The molecule has 0 N–H and O–H groups in total. The Hall–Kier alpha value is 0.610. The van der Waals surface area contributed by atoms with Gasteiger partial charge in [-0.25, -0.2) is 0 Å². The molecule has 0 aromatic carbocycles. The smallest absolute Gasteiger partial charge is 0.110 e. The van der Waals surface area contributed by atoms with Gasteiger partial charge in [0.05, 0.1) is 6.61 Å². The second kappa shape index (κ2) is 6.12. The first-order valence-electron chi connectivity index (χ1n) is 4.20. The molecule has 0 saturated heterocycles. The third-order valence-corrected chi connectivity index (χ3v) is 2.97. The highest BCUT2D eigenvalue weighted by molar-refractivity contribution is 14.1. The summed E-state index contributed by atoms with van der Waals surface area (Å²) >= 11 is 1.95. The topological polar surface area (TPSA) is 21.7 Å². The SMILES string of the molecule is CCC(CC)(CON(C)C)OI. The van der Waals surface area contributed by atoms with Gasteiger partial charge in [0.1, 0.15) is 28.6 Å². The van der Waals surface area contributed by atoms with Crippen LogP contribution in [0.5, 0.6) is 0 Å². The molecule has 0 aromatic rings. The maximum Gasteiger partial charge on any atom is 0.110 e. The lowest BCUT2D eigenvalue weighted by Crippen LogP contribution is -2.36. The summed E-state index contributed by atoms with van der Waals surface area (Å²) in [6, 6.07) is 0. The minimum Gasteiger partial charge on any atom is -0.307 e. The van der Waals surface area contributed by atoms with Crippen molar-refractivity contribution in [3.63, 3.8) is 0 Å². The third-order valence-electron chi connectivity index (χ3n) is 2.04. The Morgan fingerprint density at radius 2 is 1.75 bits per heavy atom. The molecular formula is C8H18INO2. The minimum absolute atomic E-state index is 0.120. The van der Waals surface area contributed by atoms with E-state index in [1.54, 1.807) is 5.06 Å². The average Bonchev–Trinajstić information content (AvgIpc) is 2.08. The van der Waals surface area contributed by atoms with Crippen LogP contribution in [0.25, 0.3) is 0 Å². The number of halogens is 1. The summed E-state index contributed by atoms with van der Waals surface area (Å²) < 4.78 is 5.40. The van der Waals surface area contributed by atoms with Gasteiger partial charge in [0.15, 0.2) is 0 Å². The molecule has 0 unspecified atom stereocenters. The van der Waals surface area contributed by atoms with Crippen LogP contribution in [0.15, 0.2) is 0 Å². The van der Waals surface area contributed by atoms with E-state index < -0.39 is 0 Å². The molecule has 4 heteroatoms. The number of hydroxylamine groups is 2. The highest BCUT2D eigenvalue weighted by atomic mass is 127. The Morgan fingerprint density at radius 3 is 2.00 bits per heavy atom. The maximum absolute atomic E-state index is 5.40. The molecular weight excluding hydrogens is 269 g/mol.